The first-order valence-electron chi connectivity index (χ1n) is 7.51. The standard InChI is InChI=1S/C15H28N2/c1-14(2)11-6-7-15(14,3)13(9-11)17-10-12-5-4-8-16-12/h11-13,16-17H,4-10H2,1-3H3/t11-,12+,13?,15+/m1/s1. The lowest BCUT2D eigenvalue weighted by Crippen LogP contribution is -2.48. The van der Waals surface area contributed by atoms with E-state index in [9.17, 15) is 0 Å². The van der Waals surface area contributed by atoms with Gasteiger partial charge in [-0.1, -0.05) is 20.8 Å². The molecule has 2 bridgehead atoms. The lowest BCUT2D eigenvalue weighted by Gasteiger charge is -2.40. The van der Waals surface area contributed by atoms with Gasteiger partial charge in [0.05, 0.1) is 0 Å². The Morgan fingerprint density at radius 2 is 2.06 bits per heavy atom. The Morgan fingerprint density at radius 3 is 2.59 bits per heavy atom. The molecule has 17 heavy (non-hydrogen) atoms. The quantitative estimate of drug-likeness (QED) is 0.787. The van der Waals surface area contributed by atoms with Crippen molar-refractivity contribution < 1.29 is 0 Å². The van der Waals surface area contributed by atoms with Crippen molar-refractivity contribution in [3.63, 3.8) is 0 Å². The van der Waals surface area contributed by atoms with E-state index in [1.807, 2.05) is 0 Å². The molecule has 3 fully saturated rings. The molecule has 1 saturated heterocycles. The fourth-order valence-corrected chi connectivity index (χ4v) is 4.73. The van der Waals surface area contributed by atoms with Gasteiger partial charge in [0.2, 0.25) is 0 Å². The summed E-state index contributed by atoms with van der Waals surface area (Å²) in [5.74, 6) is 0.960. The fourth-order valence-electron chi connectivity index (χ4n) is 4.73. The predicted molar refractivity (Wildman–Crippen MR) is 72.0 cm³/mol. The average molecular weight is 236 g/mol. The number of hydrogen-bond donors (Lipinski definition) is 2. The average Bonchev–Trinajstić information content (AvgIpc) is 2.91. The van der Waals surface area contributed by atoms with Gasteiger partial charge in [0.1, 0.15) is 0 Å². The Balaban J connectivity index is 1.62. The highest BCUT2D eigenvalue weighted by molar-refractivity contribution is 5.13. The Kier molecular flexibility index (Phi) is 2.79. The van der Waals surface area contributed by atoms with Crippen molar-refractivity contribution in [1.29, 1.82) is 0 Å². The molecule has 1 heterocycles. The van der Waals surface area contributed by atoms with Gasteiger partial charge in [-0.05, 0) is 55.4 Å². The van der Waals surface area contributed by atoms with Gasteiger partial charge in [0.15, 0.2) is 0 Å². The van der Waals surface area contributed by atoms with Gasteiger partial charge >= 0.3 is 0 Å². The van der Waals surface area contributed by atoms with E-state index in [2.05, 4.69) is 31.4 Å². The van der Waals surface area contributed by atoms with E-state index < -0.39 is 0 Å². The third kappa shape index (κ3) is 1.67. The van der Waals surface area contributed by atoms with Crippen LogP contribution in [0.5, 0.6) is 0 Å². The van der Waals surface area contributed by atoms with E-state index in [0.29, 0.717) is 10.8 Å². The topological polar surface area (TPSA) is 24.1 Å². The summed E-state index contributed by atoms with van der Waals surface area (Å²) in [7, 11) is 0. The number of fused-ring (bicyclic) bond motifs is 2. The van der Waals surface area contributed by atoms with Crippen molar-refractivity contribution in [1.82, 2.24) is 10.6 Å². The Morgan fingerprint density at radius 1 is 1.24 bits per heavy atom. The molecule has 2 nitrogen and oxygen atoms in total. The highest BCUT2D eigenvalue weighted by Crippen LogP contribution is 2.65. The summed E-state index contributed by atoms with van der Waals surface area (Å²) >= 11 is 0. The molecule has 0 spiro atoms. The van der Waals surface area contributed by atoms with Gasteiger partial charge < -0.3 is 10.6 Å². The van der Waals surface area contributed by atoms with Crippen LogP contribution in [0.1, 0.15) is 52.9 Å². The van der Waals surface area contributed by atoms with E-state index in [-0.39, 0.29) is 0 Å². The molecule has 0 amide bonds. The Bertz CT molecular complexity index is 293. The molecule has 4 atom stereocenters. The number of hydrogen-bond acceptors (Lipinski definition) is 2. The third-order valence-electron chi connectivity index (χ3n) is 6.57. The number of rotatable bonds is 3. The van der Waals surface area contributed by atoms with Crippen molar-refractivity contribution in [2.75, 3.05) is 13.1 Å². The molecule has 0 aromatic rings. The lowest BCUT2D eigenvalue weighted by atomic mass is 9.69. The summed E-state index contributed by atoms with van der Waals surface area (Å²) in [6.45, 7) is 9.94. The summed E-state index contributed by atoms with van der Waals surface area (Å²) in [6, 6.07) is 1.50. The zero-order chi connectivity index (χ0) is 12.1. The fraction of sp³-hybridized carbons (Fsp3) is 1.00. The normalized spacial score (nSPS) is 47.8. The molecular weight excluding hydrogens is 208 g/mol. The molecule has 2 saturated carbocycles. The van der Waals surface area contributed by atoms with E-state index in [4.69, 9.17) is 0 Å². The molecule has 2 N–H and O–H groups in total. The first kappa shape index (κ1) is 12.0. The van der Waals surface area contributed by atoms with Crippen molar-refractivity contribution in [2.24, 2.45) is 16.7 Å². The van der Waals surface area contributed by atoms with Gasteiger partial charge in [-0.2, -0.15) is 0 Å². The van der Waals surface area contributed by atoms with Crippen molar-refractivity contribution in [2.45, 2.75) is 65.0 Å². The summed E-state index contributed by atoms with van der Waals surface area (Å²) in [5.41, 5.74) is 1.09. The Hall–Kier alpha value is -0.0800. The zero-order valence-corrected chi connectivity index (χ0v) is 11.7. The molecule has 2 heteroatoms. The highest BCUT2D eigenvalue weighted by Gasteiger charge is 2.60. The van der Waals surface area contributed by atoms with Gasteiger partial charge in [0, 0.05) is 18.6 Å². The molecule has 2 aliphatic carbocycles. The van der Waals surface area contributed by atoms with Crippen molar-refractivity contribution in [3.05, 3.63) is 0 Å². The van der Waals surface area contributed by atoms with E-state index in [1.165, 1.54) is 45.2 Å². The summed E-state index contributed by atoms with van der Waals surface area (Å²) in [6.07, 6.45) is 7.03. The molecule has 0 aromatic heterocycles. The smallest absolute Gasteiger partial charge is 0.0193 e. The zero-order valence-electron chi connectivity index (χ0n) is 11.7. The second kappa shape index (κ2) is 3.96. The van der Waals surface area contributed by atoms with Crippen LogP contribution in [0.25, 0.3) is 0 Å². The van der Waals surface area contributed by atoms with Gasteiger partial charge in [-0.3, -0.25) is 0 Å². The third-order valence-corrected chi connectivity index (χ3v) is 6.57. The summed E-state index contributed by atoms with van der Waals surface area (Å²) in [4.78, 5) is 0. The van der Waals surface area contributed by atoms with Crippen LogP contribution in [0, 0.1) is 16.7 Å². The van der Waals surface area contributed by atoms with Gasteiger partial charge in [-0.15, -0.1) is 0 Å². The van der Waals surface area contributed by atoms with Crippen LogP contribution in [0.2, 0.25) is 0 Å². The first-order chi connectivity index (χ1) is 8.04. The predicted octanol–water partition coefficient (Wildman–Crippen LogP) is 2.54. The maximum Gasteiger partial charge on any atom is 0.0193 e. The lowest BCUT2D eigenvalue weighted by molar-refractivity contribution is 0.120. The molecule has 3 rings (SSSR count). The highest BCUT2D eigenvalue weighted by atomic mass is 15.0. The Labute approximate surface area is 106 Å². The van der Waals surface area contributed by atoms with Crippen LogP contribution in [-0.2, 0) is 0 Å². The largest absolute Gasteiger partial charge is 0.313 e. The summed E-state index contributed by atoms with van der Waals surface area (Å²) in [5, 5.41) is 7.48. The maximum absolute atomic E-state index is 3.89. The van der Waals surface area contributed by atoms with E-state index in [0.717, 1.165) is 18.0 Å². The van der Waals surface area contributed by atoms with E-state index in [1.54, 1.807) is 0 Å². The minimum Gasteiger partial charge on any atom is -0.313 e. The molecule has 3 aliphatic rings. The monoisotopic (exact) mass is 236 g/mol. The van der Waals surface area contributed by atoms with Crippen molar-refractivity contribution in [3.8, 4) is 0 Å². The minimum atomic E-state index is 0.538. The molecule has 0 aromatic carbocycles. The van der Waals surface area contributed by atoms with Crippen LogP contribution in [0.4, 0.5) is 0 Å². The van der Waals surface area contributed by atoms with E-state index >= 15 is 0 Å². The first-order valence-corrected chi connectivity index (χ1v) is 7.51. The van der Waals surface area contributed by atoms with Crippen LogP contribution >= 0.6 is 0 Å². The molecule has 0 radical (unpaired) electrons. The SMILES string of the molecule is CC1(C)[C@@H]2CC[C@@]1(C)C(NC[C@@H]1CCCN1)C2. The summed E-state index contributed by atoms with van der Waals surface area (Å²) < 4.78 is 0. The number of nitrogens with one attached hydrogen (secondary N) is 2. The molecule has 1 aliphatic heterocycles. The molecular formula is C15H28N2. The van der Waals surface area contributed by atoms with Crippen LogP contribution < -0.4 is 10.6 Å². The molecule has 1 unspecified atom stereocenters. The van der Waals surface area contributed by atoms with Gasteiger partial charge in [-0.25, -0.2) is 0 Å². The van der Waals surface area contributed by atoms with Crippen LogP contribution in [0.3, 0.4) is 0 Å². The van der Waals surface area contributed by atoms with Crippen molar-refractivity contribution >= 4 is 0 Å². The van der Waals surface area contributed by atoms with Crippen LogP contribution in [-0.4, -0.2) is 25.2 Å². The maximum atomic E-state index is 3.89. The van der Waals surface area contributed by atoms with Crippen LogP contribution in [0.15, 0.2) is 0 Å². The van der Waals surface area contributed by atoms with Gasteiger partial charge in [0.25, 0.3) is 0 Å². The second-order valence-electron chi connectivity index (χ2n) is 7.36. The molecule has 98 valence electrons. The second-order valence-corrected chi connectivity index (χ2v) is 7.36. The minimum absolute atomic E-state index is 0.538.